The third-order valence-electron chi connectivity index (χ3n) is 5.88. The van der Waals surface area contributed by atoms with Crippen LogP contribution in [0, 0.1) is 6.92 Å². The van der Waals surface area contributed by atoms with E-state index in [0.29, 0.717) is 22.0 Å². The van der Waals surface area contributed by atoms with Crippen LogP contribution in [0.15, 0.2) is 60.7 Å². The van der Waals surface area contributed by atoms with Gasteiger partial charge in [0.05, 0.1) is 5.69 Å². The highest BCUT2D eigenvalue weighted by molar-refractivity contribution is 7.21. The van der Waals surface area contributed by atoms with Crippen molar-refractivity contribution in [2.45, 2.75) is 32.1 Å². The zero-order chi connectivity index (χ0) is 20.0. The Hall–Kier alpha value is -2.98. The average Bonchev–Trinajstić information content (AvgIpc) is 3.08. The van der Waals surface area contributed by atoms with Gasteiger partial charge in [-0.2, -0.15) is 0 Å². The second-order valence-electron chi connectivity index (χ2n) is 7.84. The summed E-state index contributed by atoms with van der Waals surface area (Å²) < 4.78 is 0. The number of ketones is 1. The molecule has 1 aliphatic rings. The van der Waals surface area contributed by atoms with E-state index in [1.165, 1.54) is 22.5 Å². The van der Waals surface area contributed by atoms with Gasteiger partial charge in [-0.3, -0.25) is 4.79 Å². The highest BCUT2D eigenvalue weighted by atomic mass is 32.1. The lowest BCUT2D eigenvalue weighted by molar-refractivity contribution is 0.104. The van der Waals surface area contributed by atoms with Gasteiger partial charge in [-0.05, 0) is 49.3 Å². The van der Waals surface area contributed by atoms with Crippen LogP contribution < -0.4 is 5.73 Å². The molecular weight excluding hydrogens is 376 g/mol. The molecule has 0 bridgehead atoms. The van der Waals surface area contributed by atoms with Crippen molar-refractivity contribution in [3.05, 3.63) is 93.5 Å². The largest absolute Gasteiger partial charge is 0.397 e. The van der Waals surface area contributed by atoms with E-state index in [0.717, 1.165) is 40.7 Å². The Labute approximate surface area is 174 Å². The minimum absolute atomic E-state index is 0.0226. The predicted octanol–water partition coefficient (Wildman–Crippen LogP) is 5.69. The maximum absolute atomic E-state index is 13.0. The maximum atomic E-state index is 13.0. The van der Waals surface area contributed by atoms with Crippen molar-refractivity contribution in [3.8, 4) is 0 Å². The Bertz CT molecular complexity index is 1210. The number of nitrogen functional groups attached to an aromatic ring is 1. The molecule has 2 aromatic carbocycles. The summed E-state index contributed by atoms with van der Waals surface area (Å²) >= 11 is 1.42. The number of nitrogens with zero attached hydrogens (tertiary/aromatic N) is 1. The fourth-order valence-electron chi connectivity index (χ4n) is 4.20. The fraction of sp³-hybridized carbons (Fsp3) is 0.200. The van der Waals surface area contributed by atoms with Crippen molar-refractivity contribution < 1.29 is 4.79 Å². The standard InChI is InChI=1S/C25H22N2OS/c1-15-7-9-17(10-8-15)23(28)24-22(26)20-14-19-13-18(16-5-3-2-4-6-16)11-12-21(19)27-25(20)29-24/h2-10,14,18H,11-13,26H2,1H3. The molecule has 0 spiro atoms. The molecular formula is C25H22N2OS. The van der Waals surface area contributed by atoms with E-state index in [2.05, 4.69) is 36.4 Å². The van der Waals surface area contributed by atoms with Crippen LogP contribution in [0.5, 0.6) is 0 Å². The van der Waals surface area contributed by atoms with E-state index in [4.69, 9.17) is 10.7 Å². The van der Waals surface area contributed by atoms with Crippen molar-refractivity contribution in [3.63, 3.8) is 0 Å². The maximum Gasteiger partial charge on any atom is 0.205 e. The zero-order valence-electron chi connectivity index (χ0n) is 16.3. The Morgan fingerprint density at radius 1 is 1.10 bits per heavy atom. The first-order valence-electron chi connectivity index (χ1n) is 9.97. The second-order valence-corrected chi connectivity index (χ2v) is 8.84. The molecule has 0 aliphatic heterocycles. The summed E-state index contributed by atoms with van der Waals surface area (Å²) in [6, 6.07) is 20.5. The summed E-state index contributed by atoms with van der Waals surface area (Å²) in [7, 11) is 0. The highest BCUT2D eigenvalue weighted by Gasteiger charge is 2.24. The van der Waals surface area contributed by atoms with E-state index in [-0.39, 0.29) is 5.78 Å². The topological polar surface area (TPSA) is 56.0 Å². The van der Waals surface area contributed by atoms with Crippen molar-refractivity contribution in [2.75, 3.05) is 5.73 Å². The van der Waals surface area contributed by atoms with Gasteiger partial charge in [0.2, 0.25) is 5.78 Å². The smallest absolute Gasteiger partial charge is 0.205 e. The lowest BCUT2D eigenvalue weighted by Gasteiger charge is -2.24. The number of anilines is 1. The molecule has 1 unspecified atom stereocenters. The van der Waals surface area contributed by atoms with E-state index < -0.39 is 0 Å². The van der Waals surface area contributed by atoms with E-state index in [9.17, 15) is 4.79 Å². The third-order valence-corrected chi connectivity index (χ3v) is 6.99. The molecule has 2 N–H and O–H groups in total. The number of carbonyl (C=O) groups is 1. The zero-order valence-corrected chi connectivity index (χ0v) is 17.1. The van der Waals surface area contributed by atoms with Gasteiger partial charge in [-0.25, -0.2) is 4.98 Å². The SMILES string of the molecule is Cc1ccc(C(=O)c2sc3nc4c(cc3c2N)CC(c2ccccc2)CC4)cc1. The van der Waals surface area contributed by atoms with Crippen LogP contribution in [0.25, 0.3) is 10.2 Å². The molecule has 2 heterocycles. The van der Waals surface area contributed by atoms with Crippen LogP contribution in [0.3, 0.4) is 0 Å². The number of benzene rings is 2. The molecule has 0 saturated carbocycles. The van der Waals surface area contributed by atoms with Gasteiger partial charge in [0.1, 0.15) is 9.71 Å². The Morgan fingerprint density at radius 2 is 1.86 bits per heavy atom. The summed E-state index contributed by atoms with van der Waals surface area (Å²) in [4.78, 5) is 19.4. The summed E-state index contributed by atoms with van der Waals surface area (Å²) in [6.45, 7) is 2.01. The molecule has 0 fully saturated rings. The second kappa shape index (κ2) is 7.12. The van der Waals surface area contributed by atoms with Gasteiger partial charge >= 0.3 is 0 Å². The number of nitrogens with two attached hydrogens (primary N) is 1. The third kappa shape index (κ3) is 3.23. The number of rotatable bonds is 3. The number of carbonyl (C=O) groups excluding carboxylic acids is 1. The van der Waals surface area contributed by atoms with Crippen molar-refractivity contribution in [1.82, 2.24) is 4.98 Å². The molecule has 0 saturated heterocycles. The molecule has 4 aromatic rings. The van der Waals surface area contributed by atoms with Gasteiger partial charge in [0.25, 0.3) is 0 Å². The fourth-order valence-corrected chi connectivity index (χ4v) is 5.26. The molecule has 1 atom stereocenters. The first-order chi connectivity index (χ1) is 14.1. The molecule has 3 nitrogen and oxygen atoms in total. The number of thiophene rings is 1. The Morgan fingerprint density at radius 3 is 2.62 bits per heavy atom. The van der Waals surface area contributed by atoms with Crippen LogP contribution >= 0.6 is 11.3 Å². The highest BCUT2D eigenvalue weighted by Crippen LogP contribution is 2.39. The molecule has 144 valence electrons. The number of aromatic nitrogens is 1. The van der Waals surface area contributed by atoms with Crippen LogP contribution in [0.4, 0.5) is 5.69 Å². The lowest BCUT2D eigenvalue weighted by atomic mass is 9.82. The van der Waals surface area contributed by atoms with Gasteiger partial charge in [-0.15, -0.1) is 11.3 Å². The molecule has 0 radical (unpaired) electrons. The molecule has 0 amide bonds. The van der Waals surface area contributed by atoms with E-state index >= 15 is 0 Å². The average molecular weight is 399 g/mol. The van der Waals surface area contributed by atoms with E-state index in [1.807, 2.05) is 31.2 Å². The number of hydrogen-bond donors (Lipinski definition) is 1. The number of pyridine rings is 1. The summed E-state index contributed by atoms with van der Waals surface area (Å²) in [5, 5.41) is 0.915. The van der Waals surface area contributed by atoms with Crippen LogP contribution in [-0.4, -0.2) is 10.8 Å². The van der Waals surface area contributed by atoms with Crippen molar-refractivity contribution in [2.24, 2.45) is 0 Å². The van der Waals surface area contributed by atoms with Crippen LogP contribution in [0.2, 0.25) is 0 Å². The normalized spacial score (nSPS) is 16.0. The summed E-state index contributed by atoms with van der Waals surface area (Å²) in [5.41, 5.74) is 12.6. The summed E-state index contributed by atoms with van der Waals surface area (Å²) in [6.07, 6.45) is 3.04. The number of hydrogen-bond acceptors (Lipinski definition) is 4. The van der Waals surface area contributed by atoms with Gasteiger partial charge in [0, 0.05) is 16.6 Å². The first kappa shape index (κ1) is 18.1. The lowest BCUT2D eigenvalue weighted by Crippen LogP contribution is -2.14. The van der Waals surface area contributed by atoms with Crippen molar-refractivity contribution in [1.29, 1.82) is 0 Å². The van der Waals surface area contributed by atoms with Gasteiger partial charge in [-0.1, -0.05) is 60.2 Å². The van der Waals surface area contributed by atoms with Crippen LogP contribution in [0.1, 0.15) is 50.0 Å². The molecule has 29 heavy (non-hydrogen) atoms. The first-order valence-corrected chi connectivity index (χ1v) is 10.8. The van der Waals surface area contributed by atoms with Gasteiger partial charge in [0.15, 0.2) is 0 Å². The minimum atomic E-state index is -0.0226. The Balaban J connectivity index is 1.52. The molecule has 1 aliphatic carbocycles. The van der Waals surface area contributed by atoms with E-state index in [1.54, 1.807) is 0 Å². The minimum Gasteiger partial charge on any atom is -0.397 e. The van der Waals surface area contributed by atoms with Crippen LogP contribution in [-0.2, 0) is 12.8 Å². The predicted molar refractivity (Wildman–Crippen MR) is 120 cm³/mol. The number of aryl methyl sites for hydroxylation is 2. The quantitative estimate of drug-likeness (QED) is 0.451. The Kier molecular flexibility index (Phi) is 4.44. The number of fused-ring (bicyclic) bond motifs is 2. The van der Waals surface area contributed by atoms with Crippen molar-refractivity contribution >= 4 is 33.0 Å². The van der Waals surface area contributed by atoms with Gasteiger partial charge < -0.3 is 5.73 Å². The molecule has 5 rings (SSSR count). The summed E-state index contributed by atoms with van der Waals surface area (Å²) in [5.74, 6) is 0.488. The monoisotopic (exact) mass is 398 g/mol. The molecule has 4 heteroatoms. The molecule has 2 aromatic heterocycles.